The van der Waals surface area contributed by atoms with Gasteiger partial charge in [-0.3, -0.25) is 4.79 Å². The Kier molecular flexibility index (Phi) is 5.84. The summed E-state index contributed by atoms with van der Waals surface area (Å²) < 4.78 is 5.60. The van der Waals surface area contributed by atoms with Crippen LogP contribution < -0.4 is 10.0 Å². The normalized spacial score (nSPS) is 10.3. The van der Waals surface area contributed by atoms with Crippen molar-refractivity contribution >= 4 is 45.2 Å². The van der Waals surface area contributed by atoms with E-state index in [9.17, 15) is 4.79 Å². The minimum Gasteiger partial charge on any atom is -0.330 e. The summed E-state index contributed by atoms with van der Waals surface area (Å²) in [6.45, 7) is 1.93. The van der Waals surface area contributed by atoms with Crippen LogP contribution in [0, 0.1) is 18.3 Å². The van der Waals surface area contributed by atoms with E-state index in [0.717, 1.165) is 21.4 Å². The van der Waals surface area contributed by atoms with E-state index in [1.54, 1.807) is 23.0 Å². The molecule has 0 fully saturated rings. The van der Waals surface area contributed by atoms with Gasteiger partial charge in [-0.05, 0) is 42.8 Å². The summed E-state index contributed by atoms with van der Waals surface area (Å²) in [7, 11) is 0. The summed E-state index contributed by atoms with van der Waals surface area (Å²) in [6.07, 6.45) is 5.08. The second kappa shape index (κ2) is 8.29. The standard InChI is InChI=1S/C19H16BrN5OS/c1-12-3-4-13(9-21)5-18(12)25-11-14(10-22-25)19(26)23-16-6-15(20)7-17(8-16)24-27-2/h3-8,10-11,24H,1-2H3,(H,23,26). The summed E-state index contributed by atoms with van der Waals surface area (Å²) in [6, 6.07) is 13.1. The first-order valence-electron chi connectivity index (χ1n) is 7.97. The third kappa shape index (κ3) is 4.51. The minimum atomic E-state index is -0.261. The molecule has 1 amide bonds. The summed E-state index contributed by atoms with van der Waals surface area (Å²) in [5.41, 5.74) is 4.25. The van der Waals surface area contributed by atoms with Gasteiger partial charge in [0.25, 0.3) is 5.91 Å². The highest BCUT2D eigenvalue weighted by molar-refractivity contribution is 9.10. The highest BCUT2D eigenvalue weighted by atomic mass is 79.9. The number of aromatic nitrogens is 2. The number of hydrogen-bond donors (Lipinski definition) is 2. The Morgan fingerprint density at radius 1 is 1.26 bits per heavy atom. The number of carbonyl (C=O) groups is 1. The molecule has 2 aromatic carbocycles. The molecule has 0 aliphatic heterocycles. The topological polar surface area (TPSA) is 82.7 Å². The quantitative estimate of drug-likeness (QED) is 0.557. The van der Waals surface area contributed by atoms with E-state index in [1.165, 1.54) is 18.1 Å². The molecule has 0 bridgehead atoms. The highest BCUT2D eigenvalue weighted by Gasteiger charge is 2.12. The molecule has 6 nitrogen and oxygen atoms in total. The molecule has 8 heteroatoms. The molecule has 27 heavy (non-hydrogen) atoms. The lowest BCUT2D eigenvalue weighted by molar-refractivity contribution is 0.102. The SMILES string of the molecule is CSNc1cc(Br)cc(NC(=O)c2cnn(-c3cc(C#N)ccc3C)c2)c1. The third-order valence-electron chi connectivity index (χ3n) is 3.81. The predicted octanol–water partition coefficient (Wildman–Crippen LogP) is 4.76. The molecule has 0 saturated heterocycles. The Bertz CT molecular complexity index is 1040. The first-order valence-corrected chi connectivity index (χ1v) is 9.98. The van der Waals surface area contributed by atoms with E-state index < -0.39 is 0 Å². The second-order valence-electron chi connectivity index (χ2n) is 5.78. The molecule has 3 aromatic rings. The van der Waals surface area contributed by atoms with Crippen molar-refractivity contribution in [2.45, 2.75) is 6.92 Å². The number of nitrogens with zero attached hydrogens (tertiary/aromatic N) is 3. The van der Waals surface area contributed by atoms with Crippen molar-refractivity contribution in [3.05, 3.63) is 70.0 Å². The minimum absolute atomic E-state index is 0.261. The largest absolute Gasteiger partial charge is 0.330 e. The molecule has 0 spiro atoms. The molecule has 0 unspecified atom stereocenters. The number of nitrogens with one attached hydrogen (secondary N) is 2. The average Bonchev–Trinajstić information content (AvgIpc) is 3.12. The van der Waals surface area contributed by atoms with Crippen LogP contribution in [0.15, 0.2) is 53.3 Å². The Morgan fingerprint density at radius 3 is 2.78 bits per heavy atom. The zero-order chi connectivity index (χ0) is 19.4. The van der Waals surface area contributed by atoms with Crippen molar-refractivity contribution < 1.29 is 4.79 Å². The summed E-state index contributed by atoms with van der Waals surface area (Å²) in [4.78, 5) is 12.6. The maximum atomic E-state index is 12.6. The summed E-state index contributed by atoms with van der Waals surface area (Å²) >= 11 is 4.91. The second-order valence-corrected chi connectivity index (χ2v) is 7.30. The molecule has 0 saturated carbocycles. The van der Waals surface area contributed by atoms with Crippen LogP contribution in [0.1, 0.15) is 21.5 Å². The van der Waals surface area contributed by atoms with E-state index in [-0.39, 0.29) is 5.91 Å². The van der Waals surface area contributed by atoms with Crippen molar-refractivity contribution in [3.63, 3.8) is 0 Å². The van der Waals surface area contributed by atoms with Gasteiger partial charge in [0, 0.05) is 28.3 Å². The Labute approximate surface area is 169 Å². The van der Waals surface area contributed by atoms with E-state index in [4.69, 9.17) is 5.26 Å². The molecule has 1 heterocycles. The zero-order valence-electron chi connectivity index (χ0n) is 14.7. The Hall–Kier alpha value is -2.76. The number of anilines is 2. The molecule has 0 radical (unpaired) electrons. The van der Waals surface area contributed by atoms with Gasteiger partial charge < -0.3 is 10.0 Å². The lowest BCUT2D eigenvalue weighted by atomic mass is 10.1. The Balaban J connectivity index is 1.83. The van der Waals surface area contributed by atoms with Crippen LogP contribution in [0.2, 0.25) is 0 Å². The smallest absolute Gasteiger partial charge is 0.258 e. The van der Waals surface area contributed by atoms with E-state index in [0.29, 0.717) is 16.8 Å². The van der Waals surface area contributed by atoms with Crippen LogP contribution in [-0.4, -0.2) is 21.9 Å². The molecular formula is C19H16BrN5OS. The lowest BCUT2D eigenvalue weighted by Gasteiger charge is -2.08. The monoisotopic (exact) mass is 441 g/mol. The van der Waals surface area contributed by atoms with E-state index in [2.05, 4.69) is 37.1 Å². The van der Waals surface area contributed by atoms with Crippen LogP contribution in [-0.2, 0) is 0 Å². The average molecular weight is 442 g/mol. The van der Waals surface area contributed by atoms with Gasteiger partial charge >= 0.3 is 0 Å². The van der Waals surface area contributed by atoms with Gasteiger partial charge in [-0.2, -0.15) is 10.4 Å². The maximum absolute atomic E-state index is 12.6. The van der Waals surface area contributed by atoms with Gasteiger partial charge in [0.1, 0.15) is 0 Å². The van der Waals surface area contributed by atoms with Crippen LogP contribution in [0.3, 0.4) is 0 Å². The van der Waals surface area contributed by atoms with Crippen molar-refractivity contribution in [2.24, 2.45) is 0 Å². The number of amides is 1. The summed E-state index contributed by atoms with van der Waals surface area (Å²) in [5.74, 6) is -0.261. The number of aryl methyl sites for hydroxylation is 1. The summed E-state index contributed by atoms with van der Waals surface area (Å²) in [5, 5.41) is 16.2. The maximum Gasteiger partial charge on any atom is 0.258 e. The van der Waals surface area contributed by atoms with Crippen molar-refractivity contribution in [1.82, 2.24) is 9.78 Å². The van der Waals surface area contributed by atoms with Crippen LogP contribution in [0.4, 0.5) is 11.4 Å². The number of nitriles is 1. The van der Waals surface area contributed by atoms with Gasteiger partial charge in [-0.25, -0.2) is 4.68 Å². The first kappa shape index (κ1) is 19.0. The lowest BCUT2D eigenvalue weighted by Crippen LogP contribution is -2.11. The fourth-order valence-corrected chi connectivity index (χ4v) is 3.39. The molecule has 0 atom stereocenters. The van der Waals surface area contributed by atoms with E-state index in [1.807, 2.05) is 37.4 Å². The molecule has 0 aliphatic rings. The molecular weight excluding hydrogens is 426 g/mol. The zero-order valence-corrected chi connectivity index (χ0v) is 17.1. The van der Waals surface area contributed by atoms with Crippen LogP contribution in [0.25, 0.3) is 5.69 Å². The third-order valence-corrected chi connectivity index (χ3v) is 4.70. The van der Waals surface area contributed by atoms with Gasteiger partial charge in [0.15, 0.2) is 0 Å². The van der Waals surface area contributed by atoms with Crippen molar-refractivity contribution in [3.8, 4) is 11.8 Å². The molecule has 3 rings (SSSR count). The van der Waals surface area contributed by atoms with Crippen molar-refractivity contribution in [2.75, 3.05) is 16.3 Å². The number of carbonyl (C=O) groups excluding carboxylic acids is 1. The van der Waals surface area contributed by atoms with Crippen LogP contribution >= 0.6 is 27.9 Å². The first-order chi connectivity index (χ1) is 13.0. The fourth-order valence-electron chi connectivity index (χ4n) is 2.54. The van der Waals surface area contributed by atoms with E-state index >= 15 is 0 Å². The number of hydrogen-bond acceptors (Lipinski definition) is 5. The molecule has 1 aromatic heterocycles. The predicted molar refractivity (Wildman–Crippen MR) is 112 cm³/mol. The molecule has 136 valence electrons. The number of halogens is 1. The van der Waals surface area contributed by atoms with Crippen LogP contribution in [0.5, 0.6) is 0 Å². The fraction of sp³-hybridized carbons (Fsp3) is 0.105. The Morgan fingerprint density at radius 2 is 2.04 bits per heavy atom. The van der Waals surface area contributed by atoms with Gasteiger partial charge in [-0.1, -0.05) is 33.9 Å². The van der Waals surface area contributed by atoms with Gasteiger partial charge in [-0.15, -0.1) is 0 Å². The van der Waals surface area contributed by atoms with Crippen molar-refractivity contribution in [1.29, 1.82) is 5.26 Å². The number of rotatable bonds is 5. The van der Waals surface area contributed by atoms with Gasteiger partial charge in [0.2, 0.25) is 0 Å². The van der Waals surface area contributed by atoms with Gasteiger partial charge in [0.05, 0.1) is 29.1 Å². The molecule has 0 aliphatic carbocycles. The molecule has 2 N–H and O–H groups in total. The highest BCUT2D eigenvalue weighted by Crippen LogP contribution is 2.25. The number of benzene rings is 2.